The number of nitrogens with zero attached hydrogens (tertiary/aromatic N) is 6. The topological polar surface area (TPSA) is 92.7 Å². The quantitative estimate of drug-likeness (QED) is 0.563. The molecule has 4 heterocycles. The number of hydrogen-bond acceptors (Lipinski definition) is 2. The molecule has 4 aromatic heterocycles. The highest BCUT2D eigenvalue weighted by atomic mass is 15.1. The van der Waals surface area contributed by atoms with E-state index in [1.165, 1.54) is 25.5 Å². The van der Waals surface area contributed by atoms with Gasteiger partial charge in [-0.15, -0.1) is 0 Å². The second-order valence-electron chi connectivity index (χ2n) is 4.90. The number of imidazole rings is 4. The fourth-order valence-corrected chi connectivity index (χ4v) is 1.60. The van der Waals surface area contributed by atoms with Crippen LogP contribution in [0.5, 0.6) is 0 Å². The van der Waals surface area contributed by atoms with E-state index < -0.39 is 0 Å². The van der Waals surface area contributed by atoms with E-state index in [1.54, 1.807) is 31.1 Å². The third-order valence-electron chi connectivity index (χ3n) is 2.78. The summed E-state index contributed by atoms with van der Waals surface area (Å²) in [6, 6.07) is 0. The number of unbranched alkanes of at least 4 members (excludes halogenated alkanes) is 1. The summed E-state index contributed by atoms with van der Waals surface area (Å²) in [7, 11) is 2.04. The largest absolute Gasteiger partial charge is 0.450 e. The summed E-state index contributed by atoms with van der Waals surface area (Å²) in [5.41, 5.74) is 0. The molecule has 0 saturated carbocycles. The molecule has 2 N–H and O–H groups in total. The lowest BCUT2D eigenvalue weighted by molar-refractivity contribution is -0.671. The van der Waals surface area contributed by atoms with Crippen molar-refractivity contribution in [2.45, 2.75) is 26.3 Å². The molecule has 4 aromatic rings. The zero-order valence-electron chi connectivity index (χ0n) is 14.7. The van der Waals surface area contributed by atoms with Gasteiger partial charge in [0.2, 0.25) is 12.7 Å². The lowest BCUT2D eigenvalue weighted by Crippen LogP contribution is -2.23. The SMILES string of the molecule is CCCCn1cc[n+](C)c1.c1c[n-]cn1.c1c[n-]cn1.c1c[nH+]c[nH]1. The van der Waals surface area contributed by atoms with Crippen molar-refractivity contribution in [1.29, 1.82) is 0 Å². The third-order valence-corrected chi connectivity index (χ3v) is 2.78. The Balaban J connectivity index is 0.000000177. The van der Waals surface area contributed by atoms with Crippen molar-refractivity contribution >= 4 is 0 Å². The van der Waals surface area contributed by atoms with E-state index in [4.69, 9.17) is 0 Å². The summed E-state index contributed by atoms with van der Waals surface area (Å²) in [6.45, 7) is 3.36. The van der Waals surface area contributed by atoms with Gasteiger partial charge in [-0.3, -0.25) is 9.97 Å². The standard InChI is InChI=1S/C8H15N2.C3H4N2.2C3H3N2/c1-3-4-5-10-7-6-9(2)8-10;3*1-2-5-3-4-1/h6-8H,3-5H2,1-2H3;1-3H,(H,4,5);2*1-3H/q+1;;2*-1/p+1. The molecule has 0 atom stereocenters. The number of aromatic amines is 2. The average molecular weight is 342 g/mol. The lowest BCUT2D eigenvalue weighted by Gasteiger charge is -1.90. The van der Waals surface area contributed by atoms with Crippen molar-refractivity contribution in [3.63, 3.8) is 0 Å². The number of hydrogen-bond donors (Lipinski definition) is 1. The molecule has 0 aliphatic rings. The highest BCUT2D eigenvalue weighted by Gasteiger charge is 1.96. The molecule has 0 aliphatic carbocycles. The smallest absolute Gasteiger partial charge is 0.243 e. The first-order chi connectivity index (χ1) is 12.3. The predicted octanol–water partition coefficient (Wildman–Crippen LogP) is 1.02. The monoisotopic (exact) mass is 342 g/mol. The number of aromatic nitrogens is 8. The van der Waals surface area contributed by atoms with Crippen molar-refractivity contribution in [3.05, 3.63) is 74.9 Å². The van der Waals surface area contributed by atoms with Gasteiger partial charge in [-0.05, 0) is 6.42 Å². The molecule has 0 unspecified atom stereocenters. The maximum absolute atomic E-state index is 3.61. The highest BCUT2D eigenvalue weighted by molar-refractivity contribution is 4.65. The van der Waals surface area contributed by atoms with E-state index in [9.17, 15) is 0 Å². The molecule has 0 spiro atoms. The van der Waals surface area contributed by atoms with Gasteiger partial charge in [-0.25, -0.2) is 9.13 Å². The van der Waals surface area contributed by atoms with Crippen LogP contribution in [-0.2, 0) is 13.6 Å². The fourth-order valence-electron chi connectivity index (χ4n) is 1.60. The normalized spacial score (nSPS) is 8.88. The molecule has 25 heavy (non-hydrogen) atoms. The molecule has 0 saturated heterocycles. The molecule has 0 aromatic carbocycles. The number of aryl methyl sites for hydroxylation is 2. The van der Waals surface area contributed by atoms with Gasteiger partial charge in [-0.1, -0.05) is 50.8 Å². The summed E-state index contributed by atoms with van der Waals surface area (Å²) in [5, 5.41) is 0. The van der Waals surface area contributed by atoms with Gasteiger partial charge < -0.3 is 19.9 Å². The minimum absolute atomic E-state index is 1.15. The summed E-state index contributed by atoms with van der Waals surface area (Å²) in [6.07, 6.45) is 23.8. The first-order valence-corrected chi connectivity index (χ1v) is 8.06. The molecule has 0 bridgehead atoms. The van der Waals surface area contributed by atoms with Crippen LogP contribution in [0.3, 0.4) is 0 Å². The summed E-state index contributed by atoms with van der Waals surface area (Å²) < 4.78 is 4.28. The third kappa shape index (κ3) is 12.0. The van der Waals surface area contributed by atoms with Gasteiger partial charge in [0.15, 0.2) is 0 Å². The van der Waals surface area contributed by atoms with E-state index >= 15 is 0 Å². The Kier molecular flexibility index (Phi) is 11.5. The van der Waals surface area contributed by atoms with Gasteiger partial charge in [-0.2, -0.15) is 0 Å². The molecule has 0 radical (unpaired) electrons. The minimum Gasteiger partial charge on any atom is -0.450 e. The Hall–Kier alpha value is -3.16. The van der Waals surface area contributed by atoms with Crippen molar-refractivity contribution in [1.82, 2.24) is 29.5 Å². The van der Waals surface area contributed by atoms with Crippen LogP contribution in [0, 0.1) is 0 Å². The van der Waals surface area contributed by atoms with Gasteiger partial charge in [0.05, 0.1) is 13.6 Å². The van der Waals surface area contributed by atoms with Crippen LogP contribution in [0.25, 0.3) is 0 Å². The number of rotatable bonds is 3. The molecule has 8 nitrogen and oxygen atoms in total. The Bertz CT molecular complexity index is 554. The molecule has 0 aliphatic heterocycles. The van der Waals surface area contributed by atoms with E-state index in [2.05, 4.69) is 64.7 Å². The molecular formula is C17H26N8. The van der Waals surface area contributed by atoms with Gasteiger partial charge in [0.1, 0.15) is 24.8 Å². The molecule has 0 fully saturated rings. The van der Waals surface area contributed by atoms with Crippen LogP contribution in [0.1, 0.15) is 19.8 Å². The molecule has 0 amide bonds. The first kappa shape index (κ1) is 19.9. The Morgan fingerprint density at radius 2 is 1.88 bits per heavy atom. The van der Waals surface area contributed by atoms with Crippen LogP contribution in [0.2, 0.25) is 0 Å². The fraction of sp³-hybridized carbons (Fsp3) is 0.294. The van der Waals surface area contributed by atoms with Crippen LogP contribution in [-0.4, -0.2) is 19.5 Å². The Morgan fingerprint density at radius 1 is 1.16 bits per heavy atom. The Labute approximate surface area is 148 Å². The van der Waals surface area contributed by atoms with Crippen LogP contribution >= 0.6 is 0 Å². The van der Waals surface area contributed by atoms with E-state index in [0.717, 1.165) is 6.54 Å². The van der Waals surface area contributed by atoms with Crippen molar-refractivity contribution in [2.24, 2.45) is 7.05 Å². The predicted molar refractivity (Wildman–Crippen MR) is 93.0 cm³/mol. The summed E-state index contributed by atoms with van der Waals surface area (Å²) in [5.74, 6) is 0. The highest BCUT2D eigenvalue weighted by Crippen LogP contribution is 1.91. The lowest BCUT2D eigenvalue weighted by atomic mass is 10.3. The van der Waals surface area contributed by atoms with Crippen LogP contribution in [0.4, 0.5) is 0 Å². The van der Waals surface area contributed by atoms with E-state index in [-0.39, 0.29) is 0 Å². The molecule has 8 heteroatoms. The molecule has 4 rings (SSSR count). The molecule has 134 valence electrons. The van der Waals surface area contributed by atoms with Gasteiger partial charge in [0.25, 0.3) is 0 Å². The second-order valence-corrected chi connectivity index (χ2v) is 4.90. The van der Waals surface area contributed by atoms with Crippen molar-refractivity contribution in [2.75, 3.05) is 0 Å². The van der Waals surface area contributed by atoms with Gasteiger partial charge in [0, 0.05) is 0 Å². The van der Waals surface area contributed by atoms with Crippen LogP contribution in [0.15, 0.2) is 74.9 Å². The molecular weight excluding hydrogens is 316 g/mol. The minimum atomic E-state index is 1.15. The van der Waals surface area contributed by atoms with Crippen molar-refractivity contribution in [3.8, 4) is 0 Å². The van der Waals surface area contributed by atoms with E-state index in [1.807, 2.05) is 19.4 Å². The second kappa shape index (κ2) is 14.4. The van der Waals surface area contributed by atoms with Crippen molar-refractivity contribution < 1.29 is 9.55 Å². The zero-order valence-corrected chi connectivity index (χ0v) is 14.7. The maximum Gasteiger partial charge on any atom is 0.243 e. The maximum atomic E-state index is 3.61. The zero-order chi connectivity index (χ0) is 18.0. The summed E-state index contributed by atoms with van der Waals surface area (Å²) in [4.78, 5) is 20.1. The summed E-state index contributed by atoms with van der Waals surface area (Å²) >= 11 is 0. The van der Waals surface area contributed by atoms with E-state index in [0.29, 0.717) is 0 Å². The number of nitrogens with one attached hydrogen (secondary N) is 2. The van der Waals surface area contributed by atoms with Crippen LogP contribution < -0.4 is 19.5 Å². The number of H-pyrrole nitrogens is 2. The Morgan fingerprint density at radius 3 is 2.16 bits per heavy atom. The average Bonchev–Trinajstić information content (AvgIpc) is 3.46. The first-order valence-electron chi connectivity index (χ1n) is 8.06. The van der Waals surface area contributed by atoms with Gasteiger partial charge >= 0.3 is 0 Å².